The number of benzene rings is 1. The normalized spacial score (nSPS) is 14.4. The van der Waals surface area contributed by atoms with E-state index in [9.17, 15) is 4.79 Å². The van der Waals surface area contributed by atoms with E-state index in [-0.39, 0.29) is 0 Å². The minimum Gasteiger partial charge on any atom is -0.351 e. The monoisotopic (exact) mass is 196 g/mol. The quantitative estimate of drug-likeness (QED) is 0.676. The molecule has 1 aliphatic rings. The number of carbonyl (C=O) groups excluding carboxylic acids is 1. The molecule has 0 spiro atoms. The number of primary amides is 1. The summed E-state index contributed by atoms with van der Waals surface area (Å²) in [5.41, 5.74) is 7.18. The van der Waals surface area contributed by atoms with Gasteiger partial charge >= 0.3 is 6.03 Å². The van der Waals surface area contributed by atoms with Crippen LogP contribution < -0.4 is 10.6 Å². The van der Waals surface area contributed by atoms with Crippen molar-refractivity contribution < 1.29 is 4.79 Å². The van der Waals surface area contributed by atoms with Crippen LogP contribution in [0.4, 0.5) is 10.5 Å². The largest absolute Gasteiger partial charge is 0.351 e. The lowest BCUT2D eigenvalue weighted by Gasteiger charge is -2.13. The van der Waals surface area contributed by atoms with Crippen molar-refractivity contribution in [3.8, 4) is 0 Å². The smallest absolute Gasteiger partial charge is 0.319 e. The Hall–Kier alpha value is -1.22. The number of amides is 2. The van der Waals surface area contributed by atoms with Gasteiger partial charge in [0, 0.05) is 11.6 Å². The molecule has 0 unspecified atom stereocenters. The highest BCUT2D eigenvalue weighted by atomic mass is 35.5. The molecule has 0 bridgehead atoms. The SMILES string of the molecule is NC(=O)N1CCc2ccc(Cl)cc21. The molecule has 0 aliphatic carbocycles. The molecule has 0 radical (unpaired) electrons. The lowest BCUT2D eigenvalue weighted by Crippen LogP contribution is -2.33. The Morgan fingerprint density at radius 3 is 3.00 bits per heavy atom. The predicted octanol–water partition coefficient (Wildman–Crippen LogP) is 1.78. The summed E-state index contributed by atoms with van der Waals surface area (Å²) >= 11 is 5.81. The summed E-state index contributed by atoms with van der Waals surface area (Å²) in [6.45, 7) is 0.658. The fourth-order valence-electron chi connectivity index (χ4n) is 1.58. The van der Waals surface area contributed by atoms with Crippen molar-refractivity contribution in [2.45, 2.75) is 6.42 Å². The summed E-state index contributed by atoms with van der Waals surface area (Å²) in [6.07, 6.45) is 0.857. The molecule has 1 aromatic carbocycles. The molecule has 3 nitrogen and oxygen atoms in total. The lowest BCUT2D eigenvalue weighted by molar-refractivity contribution is 0.254. The van der Waals surface area contributed by atoms with Crippen LogP contribution in [-0.2, 0) is 6.42 Å². The first-order valence-electron chi connectivity index (χ1n) is 4.04. The summed E-state index contributed by atoms with van der Waals surface area (Å²) in [4.78, 5) is 12.5. The standard InChI is InChI=1S/C9H9ClN2O/c10-7-2-1-6-3-4-12(9(11)13)8(6)5-7/h1-2,5H,3-4H2,(H2,11,13). The van der Waals surface area contributed by atoms with Crippen molar-refractivity contribution in [3.63, 3.8) is 0 Å². The van der Waals surface area contributed by atoms with Gasteiger partial charge in [0.25, 0.3) is 0 Å². The molecule has 0 aromatic heterocycles. The minimum absolute atomic E-state index is 0.416. The van der Waals surface area contributed by atoms with Crippen LogP contribution in [0.3, 0.4) is 0 Å². The molecule has 2 N–H and O–H groups in total. The van der Waals surface area contributed by atoms with Gasteiger partial charge in [-0.25, -0.2) is 4.79 Å². The third-order valence-electron chi connectivity index (χ3n) is 2.21. The third-order valence-corrected chi connectivity index (χ3v) is 2.44. The van der Waals surface area contributed by atoms with Crippen molar-refractivity contribution in [1.82, 2.24) is 0 Å². The summed E-state index contributed by atoms with van der Waals surface area (Å²) in [7, 11) is 0. The van der Waals surface area contributed by atoms with Crippen LogP contribution in [-0.4, -0.2) is 12.6 Å². The highest BCUT2D eigenvalue weighted by Gasteiger charge is 2.22. The number of halogens is 1. The van der Waals surface area contributed by atoms with Crippen LogP contribution in [0.25, 0.3) is 0 Å². The first-order valence-corrected chi connectivity index (χ1v) is 4.41. The Labute approximate surface area is 81.1 Å². The fraction of sp³-hybridized carbons (Fsp3) is 0.222. The Kier molecular flexibility index (Phi) is 1.88. The Morgan fingerprint density at radius 2 is 2.31 bits per heavy atom. The Balaban J connectivity index is 2.46. The maximum Gasteiger partial charge on any atom is 0.319 e. The highest BCUT2D eigenvalue weighted by molar-refractivity contribution is 6.31. The third kappa shape index (κ3) is 1.35. The van der Waals surface area contributed by atoms with Gasteiger partial charge in [0.15, 0.2) is 0 Å². The maximum atomic E-state index is 11.0. The Morgan fingerprint density at radius 1 is 1.54 bits per heavy atom. The Bertz CT molecular complexity index is 365. The molecule has 2 rings (SSSR count). The van der Waals surface area contributed by atoms with Crippen molar-refractivity contribution >= 4 is 23.3 Å². The zero-order chi connectivity index (χ0) is 9.42. The summed E-state index contributed by atoms with van der Waals surface area (Å²) in [6, 6.07) is 5.11. The van der Waals surface area contributed by atoms with Gasteiger partial charge < -0.3 is 5.73 Å². The van der Waals surface area contributed by atoms with E-state index in [2.05, 4.69) is 0 Å². The van der Waals surface area contributed by atoms with Gasteiger partial charge in [0.05, 0.1) is 5.69 Å². The van der Waals surface area contributed by atoms with E-state index in [0.717, 1.165) is 17.7 Å². The molecule has 2 amide bonds. The first kappa shape index (κ1) is 8.38. The number of urea groups is 1. The predicted molar refractivity (Wildman–Crippen MR) is 52.1 cm³/mol. The average Bonchev–Trinajstić information content (AvgIpc) is 2.46. The number of rotatable bonds is 0. The van der Waals surface area contributed by atoms with Crippen LogP contribution in [0.2, 0.25) is 5.02 Å². The van der Waals surface area contributed by atoms with Crippen molar-refractivity contribution in [2.75, 3.05) is 11.4 Å². The van der Waals surface area contributed by atoms with Gasteiger partial charge in [-0.2, -0.15) is 0 Å². The second kappa shape index (κ2) is 2.92. The average molecular weight is 197 g/mol. The van der Waals surface area contributed by atoms with Gasteiger partial charge in [-0.15, -0.1) is 0 Å². The van der Waals surface area contributed by atoms with Crippen molar-refractivity contribution in [3.05, 3.63) is 28.8 Å². The second-order valence-corrected chi connectivity index (χ2v) is 3.45. The van der Waals surface area contributed by atoms with Gasteiger partial charge in [0.1, 0.15) is 0 Å². The molecule has 4 heteroatoms. The lowest BCUT2D eigenvalue weighted by atomic mass is 10.2. The summed E-state index contributed by atoms with van der Waals surface area (Å²) < 4.78 is 0. The van der Waals surface area contributed by atoms with E-state index in [0.29, 0.717) is 11.6 Å². The molecule has 0 fully saturated rings. The summed E-state index contributed by atoms with van der Waals surface area (Å²) in [5, 5.41) is 0.631. The van der Waals surface area contributed by atoms with Gasteiger partial charge in [-0.05, 0) is 24.1 Å². The van der Waals surface area contributed by atoms with E-state index in [1.54, 1.807) is 11.0 Å². The zero-order valence-corrected chi connectivity index (χ0v) is 7.71. The highest BCUT2D eigenvalue weighted by Crippen LogP contribution is 2.30. The van der Waals surface area contributed by atoms with E-state index in [4.69, 9.17) is 17.3 Å². The van der Waals surface area contributed by atoms with Crippen LogP contribution in [0, 0.1) is 0 Å². The molecular weight excluding hydrogens is 188 g/mol. The van der Waals surface area contributed by atoms with Crippen molar-refractivity contribution in [2.24, 2.45) is 5.73 Å². The zero-order valence-electron chi connectivity index (χ0n) is 6.96. The van der Waals surface area contributed by atoms with Crippen LogP contribution in [0.1, 0.15) is 5.56 Å². The number of hydrogen-bond donors (Lipinski definition) is 1. The van der Waals surface area contributed by atoms with Gasteiger partial charge in [-0.1, -0.05) is 17.7 Å². The molecular formula is C9H9ClN2O. The summed E-state index contributed by atoms with van der Waals surface area (Å²) in [5.74, 6) is 0. The maximum absolute atomic E-state index is 11.0. The van der Waals surface area contributed by atoms with Crippen LogP contribution in [0.5, 0.6) is 0 Å². The number of fused-ring (bicyclic) bond motifs is 1. The molecule has 1 heterocycles. The molecule has 0 saturated carbocycles. The second-order valence-electron chi connectivity index (χ2n) is 3.01. The number of nitrogens with two attached hydrogens (primary N) is 1. The van der Waals surface area contributed by atoms with E-state index in [1.807, 2.05) is 12.1 Å². The van der Waals surface area contributed by atoms with E-state index in [1.165, 1.54) is 0 Å². The van der Waals surface area contributed by atoms with Gasteiger partial charge in [0.2, 0.25) is 0 Å². The fourth-order valence-corrected chi connectivity index (χ4v) is 1.75. The van der Waals surface area contributed by atoms with E-state index < -0.39 is 6.03 Å². The molecule has 0 saturated heterocycles. The van der Waals surface area contributed by atoms with Crippen LogP contribution in [0.15, 0.2) is 18.2 Å². The first-order chi connectivity index (χ1) is 6.18. The number of anilines is 1. The van der Waals surface area contributed by atoms with Crippen molar-refractivity contribution in [1.29, 1.82) is 0 Å². The molecule has 0 atom stereocenters. The number of carbonyl (C=O) groups is 1. The van der Waals surface area contributed by atoms with E-state index >= 15 is 0 Å². The minimum atomic E-state index is -0.416. The number of hydrogen-bond acceptors (Lipinski definition) is 1. The molecule has 1 aromatic rings. The van der Waals surface area contributed by atoms with Crippen LogP contribution >= 0.6 is 11.6 Å². The number of nitrogens with zero attached hydrogens (tertiary/aromatic N) is 1. The van der Waals surface area contributed by atoms with Gasteiger partial charge in [-0.3, -0.25) is 4.90 Å². The molecule has 68 valence electrons. The molecule has 1 aliphatic heterocycles. The molecule has 13 heavy (non-hydrogen) atoms. The topological polar surface area (TPSA) is 46.3 Å².